The van der Waals surface area contributed by atoms with Crippen molar-refractivity contribution in [3.05, 3.63) is 35.7 Å². The number of allylic oxidation sites excluding steroid dienone is 1. The molecule has 0 atom stereocenters. The number of amides is 1. The van der Waals surface area contributed by atoms with Crippen LogP contribution in [0.2, 0.25) is 0 Å². The van der Waals surface area contributed by atoms with Crippen molar-refractivity contribution in [3.63, 3.8) is 0 Å². The van der Waals surface area contributed by atoms with E-state index in [9.17, 15) is 10.1 Å². The Balaban J connectivity index is 1.82. The van der Waals surface area contributed by atoms with Gasteiger partial charge in [0, 0.05) is 41.9 Å². The van der Waals surface area contributed by atoms with E-state index in [1.807, 2.05) is 19.2 Å². The lowest BCUT2D eigenvalue weighted by Crippen LogP contribution is -2.14. The Morgan fingerprint density at radius 2 is 2.27 bits per heavy atom. The summed E-state index contributed by atoms with van der Waals surface area (Å²) in [5, 5.41) is 14.1. The first-order valence-corrected chi connectivity index (χ1v) is 11.1. The maximum absolute atomic E-state index is 12.0. The third kappa shape index (κ3) is 3.17. The fourth-order valence-electron chi connectivity index (χ4n) is 2.97. The van der Waals surface area contributed by atoms with Crippen LogP contribution in [0.3, 0.4) is 0 Å². The monoisotopic (exact) mass is 459 g/mol. The second-order valence-electron chi connectivity index (χ2n) is 6.60. The maximum Gasteiger partial charge on any atom is 0.228 e. The van der Waals surface area contributed by atoms with Crippen molar-refractivity contribution in [1.82, 2.24) is 9.88 Å². The van der Waals surface area contributed by atoms with E-state index in [-0.39, 0.29) is 32.6 Å². The molecule has 4 rings (SSSR count). The number of carbonyl (C=O) groups excluding carboxylic acids is 1. The molecular weight excluding hydrogens is 441 g/mol. The summed E-state index contributed by atoms with van der Waals surface area (Å²) in [5.41, 5.74) is 9.09. The zero-order valence-corrected chi connectivity index (χ0v) is 16.4. The number of benzene rings is 1. The van der Waals surface area contributed by atoms with Gasteiger partial charge in [-0.2, -0.15) is 5.26 Å². The smallest absolute Gasteiger partial charge is 0.228 e. The van der Waals surface area contributed by atoms with E-state index in [1.54, 1.807) is 6.20 Å². The van der Waals surface area contributed by atoms with Crippen LogP contribution in [0.1, 0.15) is 24.0 Å². The van der Waals surface area contributed by atoms with Gasteiger partial charge in [0.15, 0.2) is 0 Å². The van der Waals surface area contributed by atoms with E-state index >= 15 is 0 Å². The Morgan fingerprint density at radius 1 is 1.46 bits per heavy atom. The first-order chi connectivity index (χ1) is 12.6. The number of aromatic nitrogens is 1. The average Bonchev–Trinajstić information content (AvgIpc) is 3.46. The minimum Gasteiger partial charge on any atom is -0.397 e. The standard InChI is InChI=1S/C19H18IN5O/c1-25-9-13(6-20-10-25)14-4-12-5-17(24-19(26)11-2-3-11)23-8-16(12)18(22)15(14)7-21/h4-6,8-9,11H,2-3,10,22H2,1H3,(H,23,24,26). The van der Waals surface area contributed by atoms with E-state index in [4.69, 9.17) is 5.73 Å². The van der Waals surface area contributed by atoms with Gasteiger partial charge in [-0.05, 0) is 34.4 Å². The van der Waals surface area contributed by atoms with Crippen molar-refractivity contribution in [2.45, 2.75) is 12.8 Å². The lowest BCUT2D eigenvalue weighted by molar-refractivity contribution is -0.117. The number of nitriles is 1. The van der Waals surface area contributed by atoms with Gasteiger partial charge >= 0.3 is 0 Å². The van der Waals surface area contributed by atoms with Crippen LogP contribution >= 0.6 is 20.7 Å². The quantitative estimate of drug-likeness (QED) is 0.319. The number of nitrogens with zero attached hydrogens (tertiary/aromatic N) is 3. The Labute approximate surface area is 161 Å². The van der Waals surface area contributed by atoms with Gasteiger partial charge < -0.3 is 16.0 Å². The van der Waals surface area contributed by atoms with Crippen LogP contribution in [0.5, 0.6) is 0 Å². The number of carbonyl (C=O) groups is 1. The van der Waals surface area contributed by atoms with Crippen LogP contribution in [0.15, 0.2) is 24.5 Å². The van der Waals surface area contributed by atoms with Crippen LogP contribution in [0.4, 0.5) is 11.5 Å². The van der Waals surface area contributed by atoms with Crippen molar-refractivity contribution in [2.24, 2.45) is 5.92 Å². The summed E-state index contributed by atoms with van der Waals surface area (Å²) in [6.07, 6.45) is 5.59. The largest absolute Gasteiger partial charge is 0.397 e. The van der Waals surface area contributed by atoms with Crippen LogP contribution in [0, 0.1) is 17.2 Å². The Bertz CT molecular complexity index is 1020. The summed E-state index contributed by atoms with van der Waals surface area (Å²) in [7, 11) is 2.04. The highest BCUT2D eigenvalue weighted by atomic mass is 127. The number of halogens is 1. The molecule has 2 aromatic rings. The van der Waals surface area contributed by atoms with Crippen LogP contribution in [-0.2, 0) is 4.79 Å². The fraction of sp³-hybridized carbons (Fsp3) is 0.263. The molecule has 0 bridgehead atoms. The van der Waals surface area contributed by atoms with Crippen LogP contribution in [0.25, 0.3) is 16.3 Å². The average molecular weight is 459 g/mol. The van der Waals surface area contributed by atoms with E-state index in [0.29, 0.717) is 17.1 Å². The number of nitrogens with two attached hydrogens (primary N) is 1. The lowest BCUT2D eigenvalue weighted by atomic mass is 9.96. The minimum absolute atomic E-state index is 0.0217. The third-order valence-electron chi connectivity index (χ3n) is 4.50. The highest BCUT2D eigenvalue weighted by Gasteiger charge is 2.29. The van der Waals surface area contributed by atoms with Crippen molar-refractivity contribution in [3.8, 4) is 6.07 Å². The summed E-state index contributed by atoms with van der Waals surface area (Å²) in [5.74, 6) is 0.666. The Kier molecular flexibility index (Phi) is 4.36. The summed E-state index contributed by atoms with van der Waals surface area (Å²) < 4.78 is 3.30. The van der Waals surface area contributed by atoms with Gasteiger partial charge in [0.1, 0.15) is 11.9 Å². The van der Waals surface area contributed by atoms with E-state index in [2.05, 4.69) is 31.5 Å². The van der Waals surface area contributed by atoms with Gasteiger partial charge in [0.25, 0.3) is 0 Å². The Morgan fingerprint density at radius 3 is 2.96 bits per heavy atom. The molecule has 1 fully saturated rings. The molecule has 1 aromatic carbocycles. The number of alkyl halides is 1. The van der Waals surface area contributed by atoms with E-state index in [1.165, 1.54) is 0 Å². The molecule has 2 aliphatic rings. The minimum atomic E-state index is -0.0696. The number of hydrogen-bond acceptors (Lipinski definition) is 5. The summed E-state index contributed by atoms with van der Waals surface area (Å²) >= 11 is -0.0696. The predicted octanol–water partition coefficient (Wildman–Crippen LogP) is 3.05. The molecule has 1 aliphatic heterocycles. The zero-order valence-electron chi connectivity index (χ0n) is 14.3. The molecule has 2 heterocycles. The molecule has 0 unspecified atom stereocenters. The highest BCUT2D eigenvalue weighted by molar-refractivity contribution is 14.2. The maximum atomic E-state index is 12.0. The molecular formula is C19H18IN5O. The molecule has 1 amide bonds. The molecule has 1 aliphatic carbocycles. The summed E-state index contributed by atoms with van der Waals surface area (Å²) in [6.45, 7) is 0. The van der Waals surface area contributed by atoms with Crippen molar-refractivity contribution in [2.75, 3.05) is 22.6 Å². The molecule has 0 saturated heterocycles. The highest BCUT2D eigenvalue weighted by Crippen LogP contribution is 2.34. The van der Waals surface area contributed by atoms with Crippen LogP contribution < -0.4 is 11.1 Å². The van der Waals surface area contributed by atoms with Gasteiger partial charge in [-0.25, -0.2) is 4.98 Å². The molecule has 1 saturated carbocycles. The molecule has 26 heavy (non-hydrogen) atoms. The first kappa shape index (κ1) is 17.0. The molecule has 0 radical (unpaired) electrons. The number of fused-ring (bicyclic) bond motifs is 1. The van der Waals surface area contributed by atoms with E-state index in [0.717, 1.165) is 39.3 Å². The van der Waals surface area contributed by atoms with Gasteiger partial charge in [-0.15, -0.1) is 0 Å². The first-order valence-electron chi connectivity index (χ1n) is 8.33. The van der Waals surface area contributed by atoms with Crippen molar-refractivity contribution < 1.29 is 4.79 Å². The van der Waals surface area contributed by atoms with Gasteiger partial charge in [-0.3, -0.25) is 4.79 Å². The number of pyridine rings is 1. The van der Waals surface area contributed by atoms with Crippen molar-refractivity contribution >= 4 is 58.5 Å². The van der Waals surface area contributed by atoms with E-state index < -0.39 is 0 Å². The lowest BCUT2D eigenvalue weighted by Gasteiger charge is -2.19. The predicted molar refractivity (Wildman–Crippen MR) is 113 cm³/mol. The van der Waals surface area contributed by atoms with Gasteiger partial charge in [0.05, 0.1) is 15.8 Å². The molecule has 6 nitrogen and oxygen atoms in total. The number of hydrogen-bond donors (Lipinski definition) is 2. The number of nitrogen functional groups attached to an aromatic ring is 1. The molecule has 1 aromatic heterocycles. The number of nitrogens with one attached hydrogen (secondary N) is 1. The molecule has 3 N–H and O–H groups in total. The van der Waals surface area contributed by atoms with Crippen LogP contribution in [-0.4, -0.2) is 31.4 Å². The SMILES string of the molecule is CN1C=C(c2cc3cc(NC(=O)C4CC4)ncc3c(N)c2C#N)C=IC1. The topological polar surface area (TPSA) is 95.0 Å². The van der Waals surface area contributed by atoms with Gasteiger partial charge in [0.2, 0.25) is 5.91 Å². The fourth-order valence-corrected chi connectivity index (χ4v) is 4.95. The second kappa shape index (κ2) is 6.68. The third-order valence-corrected chi connectivity index (χ3v) is 7.08. The van der Waals surface area contributed by atoms with Gasteiger partial charge in [-0.1, -0.05) is 20.7 Å². The summed E-state index contributed by atoms with van der Waals surface area (Å²) in [6, 6.07) is 6.06. The molecule has 7 heteroatoms. The zero-order chi connectivity index (χ0) is 18.3. The number of anilines is 2. The molecule has 132 valence electrons. The number of rotatable bonds is 3. The molecule has 0 spiro atoms. The Hall–Kier alpha value is -2.47. The normalized spacial score (nSPS) is 16.6. The van der Waals surface area contributed by atoms with Crippen molar-refractivity contribution in [1.29, 1.82) is 5.26 Å². The second-order valence-corrected chi connectivity index (χ2v) is 8.79. The summed E-state index contributed by atoms with van der Waals surface area (Å²) in [4.78, 5) is 18.4.